The first kappa shape index (κ1) is 88.6. The third-order valence-corrected chi connectivity index (χ3v) is 22.1. The summed E-state index contributed by atoms with van der Waals surface area (Å²) in [4.78, 5) is 156. The van der Waals surface area contributed by atoms with E-state index in [0.717, 1.165) is 76.3 Å². The van der Waals surface area contributed by atoms with E-state index in [1.807, 2.05) is 119 Å². The van der Waals surface area contributed by atoms with Crippen LogP contribution in [0.3, 0.4) is 0 Å². The van der Waals surface area contributed by atoms with E-state index in [1.165, 1.54) is 70.0 Å². The minimum absolute atomic E-state index is 0.0118. The number of methoxy groups -OCH3 is 2. The number of benzene rings is 6. The summed E-state index contributed by atoms with van der Waals surface area (Å²) in [6.45, 7) is 6.61. The van der Waals surface area contributed by atoms with Crippen LogP contribution < -0.4 is 32.5 Å². The van der Waals surface area contributed by atoms with E-state index in [0.29, 0.717) is 17.8 Å². The molecule has 11 aromatic rings. The normalized spacial score (nSPS) is 18.9. The second-order valence-electron chi connectivity index (χ2n) is 27.5. The SMILES string of the molecule is COC(=O)C[C@@](C)(O)C(=O)OC.C[C@]1(CC(=O)O)OC(=O)NC1=O.C[C@]1(CC(=O)O)OC(=O)NC1=O.C[C@]1(Cc2nnc(C(c3nc4ccc(-c5ccccc5)cc4s3)S(C)(=O)=O)o2)OC(=O)NC1=O.C[C@]1(Cc2nnc(Cc3nc4ccc(-c5ccccc5)cc4s3)o2)OC(=O)NC1=O.NNC(=O)Cc1nc2ccc(-c3ccccc3)cc2s1. The maximum atomic E-state index is 12.7. The summed E-state index contributed by atoms with van der Waals surface area (Å²) in [6.07, 6.45) is -3.41. The number of hydrogen-bond donors (Lipinski definition) is 9. The number of amides is 9. The molecule has 5 aromatic heterocycles. The number of carboxylic acids is 2. The highest BCUT2D eigenvalue weighted by molar-refractivity contribution is 7.91. The van der Waals surface area contributed by atoms with Crippen molar-refractivity contribution >= 4 is 152 Å². The van der Waals surface area contributed by atoms with Gasteiger partial charge in [-0.2, -0.15) is 0 Å². The molecule has 6 atom stereocenters. The zero-order valence-corrected chi connectivity index (χ0v) is 67.7. The van der Waals surface area contributed by atoms with Gasteiger partial charge in [-0.05, 0) is 104 Å². The highest BCUT2D eigenvalue weighted by Crippen LogP contribution is 2.38. The Bertz CT molecular complexity index is 5850. The van der Waals surface area contributed by atoms with Crippen molar-refractivity contribution < 1.29 is 123 Å². The number of aliphatic carboxylic acids is 2. The van der Waals surface area contributed by atoms with E-state index in [2.05, 4.69) is 108 Å². The Balaban J connectivity index is 0.000000160. The number of hydrazine groups is 1. The number of carbonyl (C=O) groups is 13. The lowest BCUT2D eigenvalue weighted by Crippen LogP contribution is -2.38. The number of carbonyl (C=O) groups excluding carboxylic acids is 11. The van der Waals surface area contributed by atoms with Crippen LogP contribution >= 0.6 is 34.0 Å². The molecule has 9 amide bonds. The van der Waals surface area contributed by atoms with Gasteiger partial charge in [0.15, 0.2) is 43.1 Å². The number of aliphatic hydroxyl groups is 1. The number of cyclic esters (lactones) is 4. The first-order valence-corrected chi connectivity index (χ1v) is 39.8. The third-order valence-electron chi connectivity index (χ3n) is 17.6. The smallest absolute Gasteiger partial charge is 0.415 e. The van der Waals surface area contributed by atoms with Crippen LogP contribution in [-0.4, -0.2) is 185 Å². The first-order chi connectivity index (χ1) is 56.7. The minimum atomic E-state index is -3.74. The Morgan fingerprint density at radius 1 is 0.508 bits per heavy atom. The summed E-state index contributed by atoms with van der Waals surface area (Å²) >= 11 is 4.32. The molecule has 4 fully saturated rings. The van der Waals surface area contributed by atoms with Gasteiger partial charge in [0.1, 0.15) is 15.0 Å². The lowest BCUT2D eigenvalue weighted by molar-refractivity contribution is -0.167. The number of fused-ring (bicyclic) bond motifs is 3. The minimum Gasteiger partial charge on any atom is -0.481 e. The highest BCUT2D eigenvalue weighted by atomic mass is 32.2. The predicted octanol–water partition coefficient (Wildman–Crippen LogP) is 7.49. The van der Waals surface area contributed by atoms with Crippen LogP contribution in [0.1, 0.15) is 97.7 Å². The largest absolute Gasteiger partial charge is 0.481 e. The number of aromatic nitrogens is 7. The average Bonchev–Trinajstić information content (AvgIpc) is 1.60. The molecule has 9 heterocycles. The van der Waals surface area contributed by atoms with Gasteiger partial charge in [0.2, 0.25) is 29.5 Å². The number of carboxylic acid groups (broad SMARTS) is 2. The van der Waals surface area contributed by atoms with Crippen molar-refractivity contribution in [3.63, 3.8) is 0 Å². The van der Waals surface area contributed by atoms with E-state index in [1.54, 1.807) is 11.3 Å². The molecule has 0 aliphatic carbocycles. The monoisotopic (exact) mass is 1720 g/mol. The molecule has 0 spiro atoms. The van der Waals surface area contributed by atoms with Gasteiger partial charge in [0.25, 0.3) is 23.6 Å². The summed E-state index contributed by atoms with van der Waals surface area (Å²) in [5.41, 5.74) is 3.45. The molecule has 4 aliphatic rings. The number of imide groups is 4. The van der Waals surface area contributed by atoms with Gasteiger partial charge < -0.3 is 52.6 Å². The topological polar surface area (TPSA) is 575 Å². The molecule has 4 aliphatic heterocycles. The second kappa shape index (κ2) is 37.2. The summed E-state index contributed by atoms with van der Waals surface area (Å²) in [6, 6.07) is 48.2. The fraction of sp³-hybridized carbons (Fsp3) is 0.273. The van der Waals surface area contributed by atoms with E-state index < -0.39 is 134 Å². The zero-order valence-electron chi connectivity index (χ0n) is 64.5. The fourth-order valence-electron chi connectivity index (χ4n) is 11.5. The Morgan fingerprint density at radius 3 is 1.27 bits per heavy atom. The molecule has 4 saturated heterocycles. The number of nitrogens with two attached hydrogens (primary N) is 1. The van der Waals surface area contributed by atoms with Crippen LogP contribution in [0.15, 0.2) is 154 Å². The Labute approximate surface area is 690 Å². The van der Waals surface area contributed by atoms with Crippen molar-refractivity contribution in [2.45, 2.75) is 113 Å². The molecule has 39 nitrogen and oxygen atoms in total. The van der Waals surface area contributed by atoms with Gasteiger partial charge in [0, 0.05) is 6.26 Å². The third kappa shape index (κ3) is 22.5. The van der Waals surface area contributed by atoms with E-state index >= 15 is 0 Å². The van der Waals surface area contributed by atoms with Crippen LogP contribution in [0.2, 0.25) is 0 Å². The van der Waals surface area contributed by atoms with Crippen molar-refractivity contribution in [1.82, 2.24) is 62.0 Å². The molecular formula is C77H73N13O26S4. The maximum absolute atomic E-state index is 12.7. The molecule has 0 saturated carbocycles. The van der Waals surface area contributed by atoms with Gasteiger partial charge >= 0.3 is 48.3 Å². The number of nitrogens with one attached hydrogen (secondary N) is 5. The molecule has 1 unspecified atom stereocenters. The summed E-state index contributed by atoms with van der Waals surface area (Å²) < 4.78 is 67.3. The molecule has 626 valence electrons. The van der Waals surface area contributed by atoms with Crippen LogP contribution in [-0.2, 0) is 107 Å². The molecule has 15 rings (SSSR count). The van der Waals surface area contributed by atoms with Gasteiger partial charge in [-0.3, -0.25) is 65.0 Å². The van der Waals surface area contributed by atoms with Crippen LogP contribution in [0.25, 0.3) is 64.0 Å². The van der Waals surface area contributed by atoms with Crippen molar-refractivity contribution in [2.24, 2.45) is 5.84 Å². The summed E-state index contributed by atoms with van der Waals surface area (Å²) in [7, 11) is -1.43. The molecule has 6 aromatic carbocycles. The predicted molar refractivity (Wildman–Crippen MR) is 423 cm³/mol. The maximum Gasteiger partial charge on any atom is 0.415 e. The molecular weight excluding hydrogens is 1650 g/mol. The van der Waals surface area contributed by atoms with Crippen molar-refractivity contribution in [2.75, 3.05) is 20.5 Å². The molecule has 0 bridgehead atoms. The molecule has 10 N–H and O–H groups in total. The number of sulfone groups is 1. The quantitative estimate of drug-likeness (QED) is 0.0110. The first-order valence-electron chi connectivity index (χ1n) is 35.3. The van der Waals surface area contributed by atoms with Gasteiger partial charge in [-0.25, -0.2) is 53.2 Å². The molecule has 120 heavy (non-hydrogen) atoms. The number of esters is 2. The van der Waals surface area contributed by atoms with Crippen LogP contribution in [0.4, 0.5) is 19.2 Å². The van der Waals surface area contributed by atoms with Crippen LogP contribution in [0.5, 0.6) is 0 Å². The summed E-state index contributed by atoms with van der Waals surface area (Å²) in [5.74, 6) is -1.22. The number of hydrogen-bond acceptors (Lipinski definition) is 35. The standard InChI is InChI=1S/C22H18N4O6S2.C21H16N4O4S.C15H13N3OS.C7H12O5.2C6H7NO5/c1-22(20(27)24-21(28)32-22)11-16-25-26-18(31-16)17(34(2,29)30)19-23-14-9-8-13(10-15(14)33-19)12-6-4-3-5-7-12;1-21(19(26)23-20(27)29-21)11-17-25-24-16(28-17)10-18-22-14-8-7-13(9-15(14)30-18)12-5-3-2-4-6-12;16-18-14(19)9-15-17-12-7-6-11(8-13(12)20-15)10-4-2-1-3-5-10;1-7(10,6(9)12-3)4-5(8)11-2;2*1-6(2-3(8)9)4(10)7-5(11)12-6/h3-10,17H,11H2,1-2H3,(H,24,27,28);2-9H,10-11H2,1H3,(H,23,26,27);1-8H,9,16H2,(H,18,19);10H,4H2,1-3H3;2*2H2,1H3,(H,8,9)(H,7,10,11)/t17?,22-;21-;;7-;2*6-/m11.111/s1. The Hall–Kier alpha value is -13.8. The number of alkyl carbamates (subject to hydrolysis) is 4. The highest BCUT2D eigenvalue weighted by Gasteiger charge is 2.50. The second-order valence-corrected chi connectivity index (χ2v) is 32.9. The van der Waals surface area contributed by atoms with Crippen molar-refractivity contribution in [3.8, 4) is 33.4 Å². The van der Waals surface area contributed by atoms with E-state index in [-0.39, 0.29) is 47.8 Å². The molecule has 43 heteroatoms. The van der Waals surface area contributed by atoms with Gasteiger partial charge in [-0.1, -0.05) is 109 Å². The van der Waals surface area contributed by atoms with Crippen LogP contribution in [0, 0.1) is 0 Å². The number of thiazole rings is 3. The number of ether oxygens (including phenoxy) is 6. The lowest BCUT2D eigenvalue weighted by Gasteiger charge is -2.17. The zero-order chi connectivity index (χ0) is 87.2. The van der Waals surface area contributed by atoms with E-state index in [4.69, 9.17) is 34.4 Å². The van der Waals surface area contributed by atoms with Crippen molar-refractivity contribution in [3.05, 3.63) is 184 Å². The van der Waals surface area contributed by atoms with Gasteiger partial charge in [0.05, 0.1) is 89.8 Å². The molecule has 0 radical (unpaired) electrons. The Kier molecular flexibility index (Phi) is 27.5. The average molecular weight is 1720 g/mol. The lowest BCUT2D eigenvalue weighted by atomic mass is 10.0. The fourth-order valence-corrected chi connectivity index (χ4v) is 16.0. The van der Waals surface area contributed by atoms with Crippen molar-refractivity contribution in [1.29, 1.82) is 0 Å². The van der Waals surface area contributed by atoms with Gasteiger partial charge in [-0.15, -0.1) is 54.4 Å². The summed E-state index contributed by atoms with van der Waals surface area (Å²) in [5, 5.41) is 50.3. The van der Waals surface area contributed by atoms with E-state index in [9.17, 15) is 75.9 Å². The Morgan fingerprint density at radius 2 is 0.883 bits per heavy atom. The number of rotatable bonds is 21. The number of nitrogens with zero attached hydrogens (tertiary/aromatic N) is 7.